The Morgan fingerprint density at radius 1 is 1.22 bits per heavy atom. The molecule has 0 aliphatic rings. The lowest BCUT2D eigenvalue weighted by Gasteiger charge is -2.09. The highest BCUT2D eigenvalue weighted by atomic mass is 16.4. The molecule has 0 saturated heterocycles. The molecular weight excluding hydrogens is 228 g/mol. The molecule has 0 spiro atoms. The summed E-state index contributed by atoms with van der Waals surface area (Å²) in [6.07, 6.45) is 1.34. The lowest BCUT2D eigenvalue weighted by atomic mass is 10.1. The fourth-order valence-corrected chi connectivity index (χ4v) is 1.60. The van der Waals surface area contributed by atoms with Crippen LogP contribution in [0, 0.1) is 13.8 Å². The maximum Gasteiger partial charge on any atom is 0.337 e. The quantitative estimate of drug-likeness (QED) is 0.868. The fourth-order valence-electron chi connectivity index (χ4n) is 1.60. The predicted octanol–water partition coefficient (Wildman–Crippen LogP) is 3.14. The molecule has 1 aromatic carbocycles. The number of nitrogens with zero attached hydrogens (tertiary/aromatic N) is 1. The first-order valence-electron chi connectivity index (χ1n) is 5.60. The van der Waals surface area contributed by atoms with Crippen molar-refractivity contribution in [2.75, 3.05) is 5.32 Å². The number of pyridine rings is 1. The number of carboxylic acids is 1. The van der Waals surface area contributed by atoms with Crippen LogP contribution in [0.25, 0.3) is 0 Å². The molecule has 0 unspecified atom stereocenters. The molecule has 4 heteroatoms. The second-order valence-electron chi connectivity index (χ2n) is 4.18. The molecule has 18 heavy (non-hydrogen) atoms. The number of aromatic nitrogens is 1. The molecule has 4 nitrogen and oxygen atoms in total. The molecule has 0 amide bonds. The van der Waals surface area contributed by atoms with Gasteiger partial charge in [0.2, 0.25) is 0 Å². The first kappa shape index (κ1) is 12.1. The molecule has 92 valence electrons. The van der Waals surface area contributed by atoms with Crippen LogP contribution in [-0.4, -0.2) is 16.1 Å². The molecule has 0 radical (unpaired) electrons. The molecule has 0 fully saturated rings. The summed E-state index contributed by atoms with van der Waals surface area (Å²) in [6.45, 7) is 4.03. The van der Waals surface area contributed by atoms with Crippen molar-refractivity contribution in [1.82, 2.24) is 4.98 Å². The molecule has 2 aromatic rings. The van der Waals surface area contributed by atoms with Crippen molar-refractivity contribution in [2.45, 2.75) is 13.8 Å². The van der Waals surface area contributed by atoms with Crippen LogP contribution >= 0.6 is 0 Å². The van der Waals surface area contributed by atoms with E-state index >= 15 is 0 Å². The summed E-state index contributed by atoms with van der Waals surface area (Å²) >= 11 is 0. The van der Waals surface area contributed by atoms with Crippen LogP contribution in [-0.2, 0) is 0 Å². The Kier molecular flexibility index (Phi) is 3.28. The van der Waals surface area contributed by atoms with E-state index in [4.69, 9.17) is 5.11 Å². The van der Waals surface area contributed by atoms with E-state index in [1.807, 2.05) is 32.0 Å². The number of aryl methyl sites for hydroxylation is 2. The normalized spacial score (nSPS) is 10.1. The average Bonchev–Trinajstić information content (AvgIpc) is 2.34. The summed E-state index contributed by atoms with van der Waals surface area (Å²) in [6, 6.07) is 9.29. The van der Waals surface area contributed by atoms with E-state index in [0.29, 0.717) is 5.82 Å². The first-order valence-corrected chi connectivity index (χ1v) is 5.60. The number of rotatable bonds is 3. The molecule has 0 bridgehead atoms. The highest BCUT2D eigenvalue weighted by Gasteiger charge is 2.04. The molecule has 2 rings (SSSR count). The van der Waals surface area contributed by atoms with E-state index < -0.39 is 5.97 Å². The number of hydrogen-bond acceptors (Lipinski definition) is 3. The molecular formula is C14H14N2O2. The number of nitrogens with one attached hydrogen (secondary N) is 1. The lowest BCUT2D eigenvalue weighted by molar-refractivity contribution is 0.0696. The summed E-state index contributed by atoms with van der Waals surface area (Å²) in [4.78, 5) is 14.8. The van der Waals surface area contributed by atoms with Gasteiger partial charge in [-0.05, 0) is 43.2 Å². The van der Waals surface area contributed by atoms with E-state index in [1.54, 1.807) is 6.07 Å². The monoisotopic (exact) mass is 242 g/mol. The minimum absolute atomic E-state index is 0.182. The Morgan fingerprint density at radius 2 is 2.00 bits per heavy atom. The van der Waals surface area contributed by atoms with Crippen LogP contribution in [0.4, 0.5) is 11.5 Å². The van der Waals surface area contributed by atoms with Gasteiger partial charge in [0.1, 0.15) is 5.82 Å². The van der Waals surface area contributed by atoms with Gasteiger partial charge in [0.05, 0.1) is 5.56 Å². The molecule has 0 atom stereocenters. The molecule has 1 aromatic heterocycles. The van der Waals surface area contributed by atoms with Crippen molar-refractivity contribution in [2.24, 2.45) is 0 Å². The summed E-state index contributed by atoms with van der Waals surface area (Å²) in [5.41, 5.74) is 3.43. The number of hydrogen-bond donors (Lipinski definition) is 2. The number of carboxylic acid groups (broad SMARTS) is 1. The van der Waals surface area contributed by atoms with Gasteiger partial charge in [0.15, 0.2) is 0 Å². The molecule has 1 heterocycles. The highest BCUT2D eigenvalue weighted by molar-refractivity contribution is 5.87. The smallest absolute Gasteiger partial charge is 0.337 e. The predicted molar refractivity (Wildman–Crippen MR) is 70.4 cm³/mol. The van der Waals surface area contributed by atoms with Crippen LogP contribution < -0.4 is 5.32 Å². The zero-order chi connectivity index (χ0) is 13.1. The highest BCUT2D eigenvalue weighted by Crippen LogP contribution is 2.20. The van der Waals surface area contributed by atoms with Gasteiger partial charge in [-0.15, -0.1) is 0 Å². The Labute approximate surface area is 105 Å². The van der Waals surface area contributed by atoms with E-state index in [-0.39, 0.29) is 5.56 Å². The van der Waals surface area contributed by atoms with Gasteiger partial charge < -0.3 is 10.4 Å². The van der Waals surface area contributed by atoms with Crippen LogP contribution in [0.5, 0.6) is 0 Å². The Hall–Kier alpha value is -2.36. The van der Waals surface area contributed by atoms with Gasteiger partial charge in [-0.2, -0.15) is 0 Å². The van der Waals surface area contributed by atoms with Crippen molar-refractivity contribution in [1.29, 1.82) is 0 Å². The maximum atomic E-state index is 10.7. The number of carbonyl (C=O) groups is 1. The van der Waals surface area contributed by atoms with Crippen LogP contribution in [0.15, 0.2) is 36.5 Å². The first-order chi connectivity index (χ1) is 8.56. The third-order valence-electron chi connectivity index (χ3n) is 2.67. The standard InChI is InChI=1S/C14H14N2O2/c1-9-3-4-10(2)12(7-9)16-13-6-5-11(8-15-13)14(17)18/h3-8H,1-2H3,(H,15,16)(H,17,18). The van der Waals surface area contributed by atoms with Crippen LogP contribution in [0.3, 0.4) is 0 Å². The van der Waals surface area contributed by atoms with Crippen molar-refractivity contribution in [3.8, 4) is 0 Å². The lowest BCUT2D eigenvalue weighted by Crippen LogP contribution is -2.00. The second-order valence-corrected chi connectivity index (χ2v) is 4.18. The average molecular weight is 242 g/mol. The van der Waals surface area contributed by atoms with Crippen molar-refractivity contribution < 1.29 is 9.90 Å². The van der Waals surface area contributed by atoms with Gasteiger partial charge in [0.25, 0.3) is 0 Å². The van der Waals surface area contributed by atoms with Gasteiger partial charge in [-0.25, -0.2) is 9.78 Å². The van der Waals surface area contributed by atoms with Crippen molar-refractivity contribution in [3.05, 3.63) is 53.2 Å². The zero-order valence-corrected chi connectivity index (χ0v) is 10.3. The number of aromatic carboxylic acids is 1. The fraction of sp³-hybridized carbons (Fsp3) is 0.143. The molecule has 0 aliphatic carbocycles. The summed E-state index contributed by atoms with van der Waals surface area (Å²) in [7, 11) is 0. The minimum atomic E-state index is -0.971. The zero-order valence-electron chi connectivity index (χ0n) is 10.3. The summed E-state index contributed by atoms with van der Waals surface area (Å²) in [5.74, 6) is -0.338. The molecule has 0 aliphatic heterocycles. The van der Waals surface area contributed by atoms with E-state index in [2.05, 4.69) is 10.3 Å². The van der Waals surface area contributed by atoms with Crippen molar-refractivity contribution >= 4 is 17.5 Å². The van der Waals surface area contributed by atoms with E-state index in [1.165, 1.54) is 12.3 Å². The van der Waals surface area contributed by atoms with Gasteiger partial charge in [-0.3, -0.25) is 0 Å². The van der Waals surface area contributed by atoms with Crippen LogP contribution in [0.2, 0.25) is 0 Å². The van der Waals surface area contributed by atoms with Crippen molar-refractivity contribution in [3.63, 3.8) is 0 Å². The third kappa shape index (κ3) is 2.66. The maximum absolute atomic E-state index is 10.7. The third-order valence-corrected chi connectivity index (χ3v) is 2.67. The summed E-state index contributed by atoms with van der Waals surface area (Å²) in [5, 5.41) is 12.0. The van der Waals surface area contributed by atoms with Gasteiger partial charge in [0, 0.05) is 11.9 Å². The molecule has 2 N–H and O–H groups in total. The van der Waals surface area contributed by atoms with E-state index in [9.17, 15) is 4.79 Å². The SMILES string of the molecule is Cc1ccc(C)c(Nc2ccc(C(=O)O)cn2)c1. The largest absolute Gasteiger partial charge is 0.478 e. The Balaban J connectivity index is 2.23. The summed E-state index contributed by atoms with van der Waals surface area (Å²) < 4.78 is 0. The number of benzene rings is 1. The second kappa shape index (κ2) is 4.87. The Bertz CT molecular complexity index is 577. The Morgan fingerprint density at radius 3 is 2.61 bits per heavy atom. The van der Waals surface area contributed by atoms with Crippen LogP contribution in [0.1, 0.15) is 21.5 Å². The van der Waals surface area contributed by atoms with E-state index in [0.717, 1.165) is 16.8 Å². The number of anilines is 2. The topological polar surface area (TPSA) is 62.2 Å². The van der Waals surface area contributed by atoms with Gasteiger partial charge in [-0.1, -0.05) is 12.1 Å². The van der Waals surface area contributed by atoms with Gasteiger partial charge >= 0.3 is 5.97 Å². The minimum Gasteiger partial charge on any atom is -0.478 e. The molecule has 0 saturated carbocycles.